The predicted octanol–water partition coefficient (Wildman–Crippen LogP) is 3.05. The number of unbranched alkanes of at least 4 members (excludes halogenated alkanes) is 1. The Morgan fingerprint density at radius 2 is 2.00 bits per heavy atom. The molecule has 0 saturated carbocycles. The molecule has 0 aliphatic heterocycles. The molecular formula is C14H26N4O. The highest BCUT2D eigenvalue weighted by Gasteiger charge is 2.07. The first-order valence-electron chi connectivity index (χ1n) is 7.09. The molecule has 0 saturated heterocycles. The molecule has 1 aromatic heterocycles. The number of nitrogens with zero attached hydrogens (tertiary/aromatic N) is 2. The molecule has 1 unspecified atom stereocenters. The van der Waals surface area contributed by atoms with Crippen molar-refractivity contribution in [3.8, 4) is 0 Å². The van der Waals surface area contributed by atoms with Crippen molar-refractivity contribution in [3.63, 3.8) is 0 Å². The summed E-state index contributed by atoms with van der Waals surface area (Å²) in [5.74, 6) is 2.38. The summed E-state index contributed by atoms with van der Waals surface area (Å²) < 4.78 is 5.36. The fourth-order valence-corrected chi connectivity index (χ4v) is 1.79. The smallest absolute Gasteiger partial charge is 0.158 e. The molecular weight excluding hydrogens is 240 g/mol. The number of anilines is 2. The highest BCUT2D eigenvalue weighted by Crippen LogP contribution is 2.14. The van der Waals surface area contributed by atoms with Crippen LogP contribution in [0.4, 0.5) is 11.6 Å². The first-order chi connectivity index (χ1) is 9.19. The number of hydrogen-bond acceptors (Lipinski definition) is 5. The summed E-state index contributed by atoms with van der Waals surface area (Å²) in [5, 5.41) is 6.48. The van der Waals surface area contributed by atoms with Gasteiger partial charge in [0.15, 0.2) is 5.82 Å². The standard InChI is InChI=1S/C14H26N4O/c1-5-7-8-11(3)16-13-9-12(15-4)17-14(18-13)10-19-6-2/h9,11H,5-8,10H2,1-4H3,(H2,15,16,17,18). The molecule has 19 heavy (non-hydrogen) atoms. The quantitative estimate of drug-likeness (QED) is 0.719. The summed E-state index contributed by atoms with van der Waals surface area (Å²) in [6.07, 6.45) is 3.59. The minimum atomic E-state index is 0.416. The van der Waals surface area contributed by atoms with Gasteiger partial charge in [0, 0.05) is 25.8 Å². The van der Waals surface area contributed by atoms with Gasteiger partial charge in [0.1, 0.15) is 18.2 Å². The van der Waals surface area contributed by atoms with Crippen molar-refractivity contribution >= 4 is 11.6 Å². The van der Waals surface area contributed by atoms with Crippen molar-refractivity contribution in [2.45, 2.75) is 52.7 Å². The second-order valence-corrected chi connectivity index (χ2v) is 4.63. The Bertz CT molecular complexity index is 370. The van der Waals surface area contributed by atoms with E-state index in [0.29, 0.717) is 25.1 Å². The van der Waals surface area contributed by atoms with Crippen molar-refractivity contribution in [2.75, 3.05) is 24.3 Å². The molecule has 1 heterocycles. The Kier molecular flexibility index (Phi) is 7.18. The van der Waals surface area contributed by atoms with Gasteiger partial charge >= 0.3 is 0 Å². The maximum Gasteiger partial charge on any atom is 0.158 e. The van der Waals surface area contributed by atoms with Crippen molar-refractivity contribution < 1.29 is 4.74 Å². The van der Waals surface area contributed by atoms with E-state index in [1.54, 1.807) is 0 Å². The van der Waals surface area contributed by atoms with Crippen LogP contribution in [0.3, 0.4) is 0 Å². The number of rotatable bonds is 9. The lowest BCUT2D eigenvalue weighted by Crippen LogP contribution is -2.17. The zero-order valence-electron chi connectivity index (χ0n) is 12.5. The van der Waals surface area contributed by atoms with Gasteiger partial charge in [-0.25, -0.2) is 9.97 Å². The third-order valence-electron chi connectivity index (χ3n) is 2.85. The first kappa shape index (κ1) is 15.7. The van der Waals surface area contributed by atoms with Crippen LogP contribution in [-0.4, -0.2) is 29.7 Å². The van der Waals surface area contributed by atoms with Crippen molar-refractivity contribution in [2.24, 2.45) is 0 Å². The summed E-state index contributed by atoms with van der Waals surface area (Å²) in [4.78, 5) is 8.85. The van der Waals surface area contributed by atoms with Crippen molar-refractivity contribution in [1.82, 2.24) is 9.97 Å². The van der Waals surface area contributed by atoms with Gasteiger partial charge in [-0.15, -0.1) is 0 Å². The molecule has 108 valence electrons. The highest BCUT2D eigenvalue weighted by molar-refractivity contribution is 5.47. The average molecular weight is 266 g/mol. The summed E-state index contributed by atoms with van der Waals surface area (Å²) >= 11 is 0. The zero-order valence-corrected chi connectivity index (χ0v) is 12.5. The van der Waals surface area contributed by atoms with Gasteiger partial charge in [0.05, 0.1) is 0 Å². The third kappa shape index (κ3) is 5.87. The van der Waals surface area contributed by atoms with Gasteiger partial charge in [-0.1, -0.05) is 19.8 Å². The fourth-order valence-electron chi connectivity index (χ4n) is 1.79. The van der Waals surface area contributed by atoms with Gasteiger partial charge in [-0.2, -0.15) is 0 Å². The van der Waals surface area contributed by atoms with Crippen LogP contribution in [0.15, 0.2) is 6.07 Å². The second kappa shape index (κ2) is 8.69. The molecule has 0 amide bonds. The van der Waals surface area contributed by atoms with Crippen LogP contribution in [-0.2, 0) is 11.3 Å². The lowest BCUT2D eigenvalue weighted by atomic mass is 10.1. The summed E-state index contributed by atoms with van der Waals surface area (Å²) in [5.41, 5.74) is 0. The summed E-state index contributed by atoms with van der Waals surface area (Å²) in [7, 11) is 1.86. The molecule has 0 fully saturated rings. The molecule has 1 rings (SSSR count). The molecule has 0 bridgehead atoms. The lowest BCUT2D eigenvalue weighted by Gasteiger charge is -2.15. The molecule has 0 aliphatic rings. The number of ether oxygens (including phenoxy) is 1. The monoisotopic (exact) mass is 266 g/mol. The number of aromatic nitrogens is 2. The Labute approximate surface area is 116 Å². The van der Waals surface area contributed by atoms with Crippen LogP contribution in [0.5, 0.6) is 0 Å². The highest BCUT2D eigenvalue weighted by atomic mass is 16.5. The van der Waals surface area contributed by atoms with Crippen LogP contribution in [0.2, 0.25) is 0 Å². The van der Waals surface area contributed by atoms with Crippen molar-refractivity contribution in [3.05, 3.63) is 11.9 Å². The van der Waals surface area contributed by atoms with Gasteiger partial charge < -0.3 is 15.4 Å². The molecule has 1 atom stereocenters. The van der Waals surface area contributed by atoms with E-state index in [1.165, 1.54) is 12.8 Å². The van der Waals surface area contributed by atoms with Crippen LogP contribution >= 0.6 is 0 Å². The predicted molar refractivity (Wildman–Crippen MR) is 79.5 cm³/mol. The largest absolute Gasteiger partial charge is 0.374 e. The molecule has 0 spiro atoms. The van der Waals surface area contributed by atoms with E-state index >= 15 is 0 Å². The van der Waals surface area contributed by atoms with E-state index in [2.05, 4.69) is 34.4 Å². The van der Waals surface area contributed by atoms with Crippen LogP contribution < -0.4 is 10.6 Å². The Morgan fingerprint density at radius 1 is 1.26 bits per heavy atom. The minimum absolute atomic E-state index is 0.416. The Morgan fingerprint density at radius 3 is 2.63 bits per heavy atom. The SMILES string of the molecule is CCCCC(C)Nc1cc(NC)nc(COCC)n1. The van der Waals surface area contributed by atoms with Gasteiger partial charge in [-0.3, -0.25) is 0 Å². The second-order valence-electron chi connectivity index (χ2n) is 4.63. The maximum atomic E-state index is 5.36. The molecule has 5 nitrogen and oxygen atoms in total. The summed E-state index contributed by atoms with van der Waals surface area (Å²) in [6.45, 7) is 7.47. The van der Waals surface area contributed by atoms with E-state index in [-0.39, 0.29) is 0 Å². The first-order valence-corrected chi connectivity index (χ1v) is 7.09. The Balaban J connectivity index is 2.69. The summed E-state index contributed by atoms with van der Waals surface area (Å²) in [6, 6.07) is 2.34. The van der Waals surface area contributed by atoms with Gasteiger partial charge in [0.25, 0.3) is 0 Å². The zero-order chi connectivity index (χ0) is 14.1. The topological polar surface area (TPSA) is 59.1 Å². The molecule has 2 N–H and O–H groups in total. The van der Waals surface area contributed by atoms with Gasteiger partial charge in [0.2, 0.25) is 0 Å². The maximum absolute atomic E-state index is 5.36. The number of hydrogen-bond donors (Lipinski definition) is 2. The molecule has 5 heteroatoms. The molecule has 1 aromatic rings. The normalized spacial score (nSPS) is 12.2. The van der Waals surface area contributed by atoms with E-state index in [4.69, 9.17) is 4.74 Å². The van der Waals surface area contributed by atoms with Crippen LogP contribution in [0, 0.1) is 0 Å². The van der Waals surface area contributed by atoms with E-state index in [1.807, 2.05) is 20.0 Å². The number of nitrogens with one attached hydrogen (secondary N) is 2. The van der Waals surface area contributed by atoms with Crippen LogP contribution in [0.25, 0.3) is 0 Å². The van der Waals surface area contributed by atoms with E-state index in [9.17, 15) is 0 Å². The average Bonchev–Trinajstić information content (AvgIpc) is 2.42. The third-order valence-corrected chi connectivity index (χ3v) is 2.85. The van der Waals surface area contributed by atoms with Crippen molar-refractivity contribution in [1.29, 1.82) is 0 Å². The minimum Gasteiger partial charge on any atom is -0.374 e. The molecule has 0 aliphatic carbocycles. The molecule has 0 radical (unpaired) electrons. The van der Waals surface area contributed by atoms with Gasteiger partial charge in [-0.05, 0) is 20.3 Å². The Hall–Kier alpha value is -1.36. The molecule has 0 aromatic carbocycles. The fraction of sp³-hybridized carbons (Fsp3) is 0.714. The van der Waals surface area contributed by atoms with E-state index in [0.717, 1.165) is 18.1 Å². The van der Waals surface area contributed by atoms with Crippen LogP contribution in [0.1, 0.15) is 45.9 Å². The van der Waals surface area contributed by atoms with E-state index < -0.39 is 0 Å². The lowest BCUT2D eigenvalue weighted by molar-refractivity contribution is 0.128.